The normalized spacial score (nSPS) is 18.0. The van der Waals surface area contributed by atoms with Crippen LogP contribution in [0.3, 0.4) is 0 Å². The summed E-state index contributed by atoms with van der Waals surface area (Å²) in [7, 11) is 0. The number of carboxylic acid groups (broad SMARTS) is 1. The van der Waals surface area contributed by atoms with Gasteiger partial charge in [-0.3, -0.25) is 9.69 Å². The Hall–Kier alpha value is -2.57. The van der Waals surface area contributed by atoms with Crippen molar-refractivity contribution in [2.45, 2.75) is 45.4 Å². The molecule has 1 aliphatic rings. The minimum Gasteiger partial charge on any atom is -0.480 e. The van der Waals surface area contributed by atoms with Gasteiger partial charge in [0, 0.05) is 6.54 Å². The van der Waals surface area contributed by atoms with Crippen LogP contribution in [0.1, 0.15) is 32.3 Å². The van der Waals surface area contributed by atoms with Crippen molar-refractivity contribution in [1.82, 2.24) is 10.2 Å². The average molecular weight is 348 g/mol. The highest BCUT2D eigenvalue weighted by atomic mass is 16.6. The zero-order valence-electron chi connectivity index (χ0n) is 14.5. The van der Waals surface area contributed by atoms with Gasteiger partial charge in [-0.2, -0.15) is 0 Å². The lowest BCUT2D eigenvalue weighted by Crippen LogP contribution is -2.52. The number of carbonyl (C=O) groups excluding carboxylic acids is 2. The fourth-order valence-corrected chi connectivity index (χ4v) is 2.82. The number of carboxylic acids is 1. The van der Waals surface area contributed by atoms with Crippen molar-refractivity contribution in [2.24, 2.45) is 5.92 Å². The third-order valence-corrected chi connectivity index (χ3v) is 4.23. The van der Waals surface area contributed by atoms with E-state index in [1.165, 1.54) is 4.90 Å². The second kappa shape index (κ2) is 8.50. The van der Waals surface area contributed by atoms with Crippen LogP contribution < -0.4 is 5.32 Å². The predicted octanol–water partition coefficient (Wildman–Crippen LogP) is 2.01. The summed E-state index contributed by atoms with van der Waals surface area (Å²) in [5, 5.41) is 11.7. The highest BCUT2D eigenvalue weighted by Crippen LogP contribution is 2.19. The van der Waals surface area contributed by atoms with Crippen LogP contribution in [-0.4, -0.2) is 46.6 Å². The summed E-state index contributed by atoms with van der Waals surface area (Å²) in [6.45, 7) is 4.00. The Balaban J connectivity index is 1.95. The summed E-state index contributed by atoms with van der Waals surface area (Å²) in [6.07, 6.45) is 0.618. The number of aliphatic carboxylic acids is 1. The molecule has 25 heavy (non-hydrogen) atoms. The first kappa shape index (κ1) is 18.8. The quantitative estimate of drug-likeness (QED) is 0.820. The zero-order chi connectivity index (χ0) is 18.4. The van der Waals surface area contributed by atoms with E-state index in [1.807, 2.05) is 30.3 Å². The summed E-state index contributed by atoms with van der Waals surface area (Å²) < 4.78 is 5.28. The van der Waals surface area contributed by atoms with Crippen molar-refractivity contribution in [1.29, 1.82) is 0 Å². The number of carbonyl (C=O) groups is 3. The maximum absolute atomic E-state index is 12.4. The number of hydrogen-bond acceptors (Lipinski definition) is 4. The second-order valence-electron chi connectivity index (χ2n) is 6.46. The summed E-state index contributed by atoms with van der Waals surface area (Å²) in [5.74, 6) is -1.78. The smallest absolute Gasteiger partial charge is 0.410 e. The average Bonchev–Trinajstić information content (AvgIpc) is 3.07. The minimum atomic E-state index is -1.08. The van der Waals surface area contributed by atoms with Crippen LogP contribution in [0, 0.1) is 5.92 Å². The molecule has 1 saturated heterocycles. The topological polar surface area (TPSA) is 95.9 Å². The van der Waals surface area contributed by atoms with E-state index in [0.29, 0.717) is 19.4 Å². The van der Waals surface area contributed by atoms with E-state index in [0.717, 1.165) is 5.56 Å². The number of amides is 2. The maximum Gasteiger partial charge on any atom is 0.410 e. The molecule has 2 atom stereocenters. The van der Waals surface area contributed by atoms with E-state index in [4.69, 9.17) is 4.74 Å². The predicted molar refractivity (Wildman–Crippen MR) is 90.8 cm³/mol. The molecule has 1 aliphatic heterocycles. The molecule has 0 aromatic heterocycles. The summed E-state index contributed by atoms with van der Waals surface area (Å²) in [6, 6.07) is 7.61. The van der Waals surface area contributed by atoms with E-state index < -0.39 is 30.1 Å². The lowest BCUT2D eigenvalue weighted by Gasteiger charge is -2.26. The number of benzene rings is 1. The van der Waals surface area contributed by atoms with Crippen LogP contribution in [0.5, 0.6) is 0 Å². The third kappa shape index (κ3) is 4.95. The highest BCUT2D eigenvalue weighted by molar-refractivity contribution is 5.89. The number of nitrogens with zero attached hydrogens (tertiary/aromatic N) is 1. The molecule has 0 saturated carbocycles. The van der Waals surface area contributed by atoms with E-state index in [9.17, 15) is 19.5 Å². The molecule has 136 valence electrons. The first-order valence-electron chi connectivity index (χ1n) is 8.40. The van der Waals surface area contributed by atoms with Crippen molar-refractivity contribution in [3.05, 3.63) is 35.9 Å². The molecule has 0 radical (unpaired) electrons. The zero-order valence-corrected chi connectivity index (χ0v) is 14.5. The van der Waals surface area contributed by atoms with Crippen LogP contribution in [0.4, 0.5) is 4.79 Å². The molecule has 1 heterocycles. The molecule has 0 spiro atoms. The van der Waals surface area contributed by atoms with Gasteiger partial charge in [-0.25, -0.2) is 9.59 Å². The fourth-order valence-electron chi connectivity index (χ4n) is 2.82. The van der Waals surface area contributed by atoms with Gasteiger partial charge in [0.05, 0.1) is 0 Å². The molecule has 7 nitrogen and oxygen atoms in total. The van der Waals surface area contributed by atoms with Crippen LogP contribution in [0.2, 0.25) is 0 Å². The largest absolute Gasteiger partial charge is 0.480 e. The lowest BCUT2D eigenvalue weighted by atomic mass is 10.0. The molecule has 0 aliphatic carbocycles. The van der Waals surface area contributed by atoms with Crippen LogP contribution >= 0.6 is 0 Å². The van der Waals surface area contributed by atoms with E-state index >= 15 is 0 Å². The second-order valence-corrected chi connectivity index (χ2v) is 6.46. The van der Waals surface area contributed by atoms with Gasteiger partial charge in [-0.1, -0.05) is 44.2 Å². The van der Waals surface area contributed by atoms with Gasteiger partial charge < -0.3 is 15.2 Å². The van der Waals surface area contributed by atoms with Gasteiger partial charge in [0.15, 0.2) is 0 Å². The number of hydrogen-bond donors (Lipinski definition) is 2. The van der Waals surface area contributed by atoms with Gasteiger partial charge in [0.25, 0.3) is 0 Å². The van der Waals surface area contributed by atoms with E-state index in [2.05, 4.69) is 5.32 Å². The number of rotatable bonds is 6. The molecule has 1 fully saturated rings. The Morgan fingerprint density at radius 3 is 2.56 bits per heavy atom. The number of nitrogens with one attached hydrogen (secondary N) is 1. The first-order valence-corrected chi connectivity index (χ1v) is 8.40. The van der Waals surface area contributed by atoms with Gasteiger partial charge in [-0.05, 0) is 24.3 Å². The Bertz CT molecular complexity index is 617. The molecule has 2 N–H and O–H groups in total. The molecular formula is C18H24N2O5. The molecule has 0 unspecified atom stereocenters. The minimum absolute atomic E-state index is 0.133. The molecule has 0 bridgehead atoms. The fraction of sp³-hybridized carbons (Fsp3) is 0.500. The first-order chi connectivity index (χ1) is 11.9. The summed E-state index contributed by atoms with van der Waals surface area (Å²) in [4.78, 5) is 37.3. The number of ether oxygens (including phenoxy) is 1. The monoisotopic (exact) mass is 348 g/mol. The molecule has 7 heteroatoms. The Morgan fingerprint density at radius 1 is 1.28 bits per heavy atom. The third-order valence-electron chi connectivity index (χ3n) is 4.23. The lowest BCUT2D eigenvalue weighted by molar-refractivity contribution is -0.143. The molecule has 2 amide bonds. The molecule has 1 aromatic rings. The molecule has 1 aromatic carbocycles. The number of likely N-dealkylation sites (tertiary alicyclic amines) is 1. The van der Waals surface area contributed by atoms with Crippen LogP contribution in [0.15, 0.2) is 30.3 Å². The van der Waals surface area contributed by atoms with Gasteiger partial charge in [-0.15, -0.1) is 0 Å². The standard InChI is InChI=1S/C18H24N2O5/c1-12(2)15(17(22)23)19-16(21)14-9-6-10-20(14)18(24)25-11-13-7-4-3-5-8-13/h3-5,7-8,12,14-15H,6,9-11H2,1-2H3,(H,19,21)(H,22,23)/t14-,15+/m1/s1. The maximum atomic E-state index is 12.4. The summed E-state index contributed by atoms with van der Waals surface area (Å²) in [5.41, 5.74) is 0.863. The highest BCUT2D eigenvalue weighted by Gasteiger charge is 2.37. The van der Waals surface area contributed by atoms with Gasteiger partial charge in [0.2, 0.25) is 5.91 Å². The SMILES string of the molecule is CC(C)[C@H](NC(=O)[C@H]1CCCN1C(=O)OCc1ccccc1)C(=O)O. The van der Waals surface area contributed by atoms with Gasteiger partial charge >= 0.3 is 12.1 Å². The van der Waals surface area contributed by atoms with Crippen molar-refractivity contribution in [2.75, 3.05) is 6.54 Å². The Labute approximate surface area is 147 Å². The van der Waals surface area contributed by atoms with Crippen molar-refractivity contribution in [3.63, 3.8) is 0 Å². The van der Waals surface area contributed by atoms with E-state index in [1.54, 1.807) is 13.8 Å². The molecule has 2 rings (SSSR count). The molecular weight excluding hydrogens is 324 g/mol. The van der Waals surface area contributed by atoms with Crippen molar-refractivity contribution >= 4 is 18.0 Å². The summed E-state index contributed by atoms with van der Waals surface area (Å²) >= 11 is 0. The van der Waals surface area contributed by atoms with Crippen molar-refractivity contribution < 1.29 is 24.2 Å². The van der Waals surface area contributed by atoms with E-state index in [-0.39, 0.29) is 12.5 Å². The Morgan fingerprint density at radius 2 is 1.96 bits per heavy atom. The van der Waals surface area contributed by atoms with Crippen LogP contribution in [-0.2, 0) is 20.9 Å². The van der Waals surface area contributed by atoms with Crippen molar-refractivity contribution in [3.8, 4) is 0 Å². The van der Waals surface area contributed by atoms with Crippen LogP contribution in [0.25, 0.3) is 0 Å². The van der Waals surface area contributed by atoms with Gasteiger partial charge in [0.1, 0.15) is 18.7 Å². The Kier molecular flexibility index (Phi) is 6.38.